The Morgan fingerprint density at radius 1 is 1.47 bits per heavy atom. The van der Waals surface area contributed by atoms with Crippen molar-refractivity contribution in [1.82, 2.24) is 10.2 Å². The summed E-state index contributed by atoms with van der Waals surface area (Å²) in [6.45, 7) is 1.62. The van der Waals surface area contributed by atoms with Crippen LogP contribution in [0, 0.1) is 0 Å². The maximum absolute atomic E-state index is 11.8. The molecule has 7 nitrogen and oxygen atoms in total. The molecule has 0 aliphatic carbocycles. The van der Waals surface area contributed by atoms with E-state index in [4.69, 9.17) is 9.52 Å². The van der Waals surface area contributed by atoms with Gasteiger partial charge in [-0.1, -0.05) is 0 Å². The molecule has 0 aliphatic rings. The minimum Gasteiger partial charge on any atom is -0.481 e. The highest BCUT2D eigenvalue weighted by molar-refractivity contribution is 5.95. The van der Waals surface area contributed by atoms with Gasteiger partial charge in [0.25, 0.3) is 5.91 Å². The number of rotatable bonds is 6. The van der Waals surface area contributed by atoms with Crippen molar-refractivity contribution in [2.24, 2.45) is 0 Å². The molecule has 1 aromatic rings. The predicted octanol–water partition coefficient (Wildman–Crippen LogP) is 0.331. The van der Waals surface area contributed by atoms with Crippen LogP contribution >= 0.6 is 0 Å². The minimum atomic E-state index is -0.980. The van der Waals surface area contributed by atoms with Gasteiger partial charge in [-0.05, 0) is 19.1 Å². The summed E-state index contributed by atoms with van der Waals surface area (Å²) in [7, 11) is 1.49. The summed E-state index contributed by atoms with van der Waals surface area (Å²) < 4.78 is 4.90. The number of hydrogen-bond donors (Lipinski definition) is 2. The summed E-state index contributed by atoms with van der Waals surface area (Å²) in [6.07, 6.45) is 1.22. The van der Waals surface area contributed by atoms with Crippen LogP contribution in [0.4, 0.5) is 0 Å². The molecular weight excluding hydrogens is 252 g/mol. The molecule has 2 amide bonds. The molecule has 0 saturated heterocycles. The second-order valence-corrected chi connectivity index (χ2v) is 4.08. The fourth-order valence-corrected chi connectivity index (χ4v) is 1.44. The van der Waals surface area contributed by atoms with Crippen LogP contribution in [0.3, 0.4) is 0 Å². The second-order valence-electron chi connectivity index (χ2n) is 4.08. The van der Waals surface area contributed by atoms with Crippen molar-refractivity contribution in [1.29, 1.82) is 0 Å². The van der Waals surface area contributed by atoms with E-state index in [0.29, 0.717) is 0 Å². The molecular formula is C12H16N2O5. The summed E-state index contributed by atoms with van der Waals surface area (Å²) in [4.78, 5) is 35.2. The monoisotopic (exact) mass is 268 g/mol. The quantitative estimate of drug-likeness (QED) is 0.774. The first-order valence-electron chi connectivity index (χ1n) is 5.73. The summed E-state index contributed by atoms with van der Waals surface area (Å²) in [5.41, 5.74) is 0. The molecule has 0 radical (unpaired) electrons. The average Bonchev–Trinajstić information content (AvgIpc) is 2.88. The van der Waals surface area contributed by atoms with Crippen LogP contribution in [0.15, 0.2) is 22.8 Å². The van der Waals surface area contributed by atoms with Gasteiger partial charge in [-0.3, -0.25) is 14.4 Å². The third-order valence-electron chi connectivity index (χ3n) is 2.50. The Morgan fingerprint density at radius 3 is 2.68 bits per heavy atom. The zero-order valence-corrected chi connectivity index (χ0v) is 10.8. The van der Waals surface area contributed by atoms with Gasteiger partial charge in [0.15, 0.2) is 5.76 Å². The molecule has 2 N–H and O–H groups in total. The number of nitrogens with zero attached hydrogens (tertiary/aromatic N) is 1. The van der Waals surface area contributed by atoms with E-state index in [1.54, 1.807) is 6.07 Å². The zero-order valence-electron chi connectivity index (χ0n) is 10.8. The maximum atomic E-state index is 11.8. The van der Waals surface area contributed by atoms with Gasteiger partial charge < -0.3 is 19.7 Å². The molecule has 0 spiro atoms. The number of aliphatic carboxylic acids is 1. The van der Waals surface area contributed by atoms with Crippen molar-refractivity contribution >= 4 is 17.8 Å². The van der Waals surface area contributed by atoms with E-state index in [-0.39, 0.29) is 24.6 Å². The van der Waals surface area contributed by atoms with Crippen molar-refractivity contribution < 1.29 is 23.9 Å². The third kappa shape index (κ3) is 4.46. The molecule has 1 unspecified atom stereocenters. The van der Waals surface area contributed by atoms with Crippen molar-refractivity contribution in [3.8, 4) is 0 Å². The molecule has 104 valence electrons. The van der Waals surface area contributed by atoms with E-state index in [9.17, 15) is 14.4 Å². The Balaban J connectivity index is 2.48. The Kier molecular flexibility index (Phi) is 5.11. The highest BCUT2D eigenvalue weighted by Gasteiger charge is 2.21. The van der Waals surface area contributed by atoms with Gasteiger partial charge in [-0.2, -0.15) is 0 Å². The number of nitrogens with one attached hydrogen (secondary N) is 1. The largest absolute Gasteiger partial charge is 0.481 e. The van der Waals surface area contributed by atoms with E-state index in [1.165, 1.54) is 31.2 Å². The Labute approximate surface area is 110 Å². The van der Waals surface area contributed by atoms with Crippen LogP contribution in [-0.2, 0) is 9.59 Å². The lowest BCUT2D eigenvalue weighted by Gasteiger charge is -2.21. The van der Waals surface area contributed by atoms with Crippen molar-refractivity contribution in [3.63, 3.8) is 0 Å². The number of carboxylic acid groups (broad SMARTS) is 1. The minimum absolute atomic E-state index is 0.0924. The number of likely N-dealkylation sites (N-methyl/N-ethyl adjacent to an activating group) is 1. The predicted molar refractivity (Wildman–Crippen MR) is 65.5 cm³/mol. The molecule has 0 aliphatic heterocycles. The normalized spacial score (nSPS) is 11.7. The highest BCUT2D eigenvalue weighted by Crippen LogP contribution is 2.01. The first kappa shape index (κ1) is 14.7. The molecule has 1 aromatic heterocycles. The molecule has 19 heavy (non-hydrogen) atoms. The smallest absolute Gasteiger partial charge is 0.305 e. The number of furan rings is 1. The van der Waals surface area contributed by atoms with Crippen LogP contribution < -0.4 is 5.32 Å². The van der Waals surface area contributed by atoms with E-state index >= 15 is 0 Å². The van der Waals surface area contributed by atoms with Crippen LogP contribution in [-0.4, -0.2) is 47.4 Å². The SMILES string of the molecule is CC(NC(=O)c1ccco1)C(=O)N(C)CCC(=O)O. The lowest BCUT2D eigenvalue weighted by Crippen LogP contribution is -2.45. The Morgan fingerprint density at radius 2 is 2.16 bits per heavy atom. The van der Waals surface area contributed by atoms with Crippen LogP contribution in [0.2, 0.25) is 0 Å². The summed E-state index contributed by atoms with van der Waals surface area (Å²) in [6, 6.07) is 2.30. The molecule has 7 heteroatoms. The molecule has 0 saturated carbocycles. The van der Waals surface area contributed by atoms with E-state index in [2.05, 4.69) is 5.32 Å². The first-order chi connectivity index (χ1) is 8.91. The lowest BCUT2D eigenvalue weighted by atomic mass is 10.2. The second kappa shape index (κ2) is 6.58. The van der Waals surface area contributed by atoms with Gasteiger partial charge in [-0.15, -0.1) is 0 Å². The van der Waals surface area contributed by atoms with Crippen molar-refractivity contribution in [2.45, 2.75) is 19.4 Å². The lowest BCUT2D eigenvalue weighted by molar-refractivity contribution is -0.138. The first-order valence-corrected chi connectivity index (χ1v) is 5.73. The number of hydrogen-bond acceptors (Lipinski definition) is 4. The summed E-state index contributed by atoms with van der Waals surface area (Å²) in [5, 5.41) is 11.0. The van der Waals surface area contributed by atoms with Crippen molar-refractivity contribution in [3.05, 3.63) is 24.2 Å². The topological polar surface area (TPSA) is 99.9 Å². The number of carbonyl (C=O) groups is 3. The van der Waals surface area contributed by atoms with Crippen LogP contribution in [0.1, 0.15) is 23.9 Å². The maximum Gasteiger partial charge on any atom is 0.305 e. The van der Waals surface area contributed by atoms with E-state index in [0.717, 1.165) is 0 Å². The van der Waals surface area contributed by atoms with Gasteiger partial charge in [-0.25, -0.2) is 0 Å². The Hall–Kier alpha value is -2.31. The van der Waals surface area contributed by atoms with E-state index < -0.39 is 17.9 Å². The van der Waals surface area contributed by atoms with Gasteiger partial charge >= 0.3 is 5.97 Å². The average molecular weight is 268 g/mol. The summed E-state index contributed by atoms with van der Waals surface area (Å²) >= 11 is 0. The number of amides is 2. The number of carbonyl (C=O) groups excluding carboxylic acids is 2. The van der Waals surface area contributed by atoms with Crippen LogP contribution in [0.25, 0.3) is 0 Å². The fourth-order valence-electron chi connectivity index (χ4n) is 1.44. The number of carboxylic acids is 1. The van der Waals surface area contributed by atoms with E-state index in [1.807, 2.05) is 0 Å². The summed E-state index contributed by atoms with van der Waals surface area (Å²) in [5.74, 6) is -1.71. The fraction of sp³-hybridized carbons (Fsp3) is 0.417. The zero-order chi connectivity index (χ0) is 14.4. The molecule has 0 aromatic carbocycles. The molecule has 1 atom stereocenters. The van der Waals surface area contributed by atoms with Crippen LogP contribution in [0.5, 0.6) is 0 Å². The highest BCUT2D eigenvalue weighted by atomic mass is 16.4. The standard InChI is InChI=1S/C12H16N2O5/c1-8(12(18)14(2)6-5-10(15)16)13-11(17)9-4-3-7-19-9/h3-4,7-8H,5-6H2,1-2H3,(H,13,17)(H,15,16). The molecule has 0 fully saturated rings. The molecule has 1 rings (SSSR count). The third-order valence-corrected chi connectivity index (χ3v) is 2.50. The van der Waals surface area contributed by atoms with Crippen molar-refractivity contribution in [2.75, 3.05) is 13.6 Å². The van der Waals surface area contributed by atoms with Gasteiger partial charge in [0.2, 0.25) is 5.91 Å². The molecule has 1 heterocycles. The van der Waals surface area contributed by atoms with Gasteiger partial charge in [0.05, 0.1) is 12.7 Å². The van der Waals surface area contributed by atoms with Gasteiger partial charge in [0, 0.05) is 13.6 Å². The Bertz CT molecular complexity index is 455. The van der Waals surface area contributed by atoms with Gasteiger partial charge in [0.1, 0.15) is 6.04 Å². The molecule has 0 bridgehead atoms.